The second-order valence-electron chi connectivity index (χ2n) is 13.3. The molecule has 2 aliphatic carbocycles. The lowest BCUT2D eigenvalue weighted by atomic mass is 9.68. The maximum Gasteiger partial charge on any atom is 0.00285 e. The predicted molar refractivity (Wildman–Crippen MR) is 181 cm³/mol. The third-order valence-electron chi connectivity index (χ3n) is 8.46. The molecule has 0 bridgehead atoms. The fourth-order valence-corrected chi connectivity index (χ4v) is 5.80. The van der Waals surface area contributed by atoms with Gasteiger partial charge in [-0.05, 0) is 90.0 Å². The number of hydrogen-bond acceptors (Lipinski definition) is 0. The summed E-state index contributed by atoms with van der Waals surface area (Å²) < 4.78 is 0. The van der Waals surface area contributed by atoms with Crippen molar-refractivity contribution in [2.24, 2.45) is 16.7 Å². The van der Waals surface area contributed by atoms with E-state index in [2.05, 4.69) is 160 Å². The number of allylic oxidation sites excluding steroid dienone is 22. The van der Waals surface area contributed by atoms with Gasteiger partial charge in [0.2, 0.25) is 0 Å². The van der Waals surface area contributed by atoms with Gasteiger partial charge in [0.05, 0.1) is 0 Å². The molecule has 0 aromatic heterocycles. The maximum absolute atomic E-state index is 2.41. The highest BCUT2D eigenvalue weighted by atomic mass is 14.3. The van der Waals surface area contributed by atoms with Gasteiger partial charge in [-0.2, -0.15) is 0 Å². The van der Waals surface area contributed by atoms with Crippen LogP contribution in [0.1, 0.15) is 101 Å². The van der Waals surface area contributed by atoms with Gasteiger partial charge in [-0.25, -0.2) is 0 Å². The predicted octanol–water partition coefficient (Wildman–Crippen LogP) is 12.5. The first-order valence-electron chi connectivity index (χ1n) is 15.3. The first kappa shape index (κ1) is 33.3. The second-order valence-corrected chi connectivity index (χ2v) is 13.3. The Morgan fingerprint density at radius 1 is 0.700 bits per heavy atom. The fraction of sp³-hybridized carbons (Fsp3) is 0.450. The average Bonchev–Trinajstić information content (AvgIpc) is 2.85. The maximum atomic E-state index is 2.41. The molecule has 0 saturated heterocycles. The molecule has 0 amide bonds. The Morgan fingerprint density at radius 3 is 1.77 bits per heavy atom. The molecule has 0 saturated carbocycles. The van der Waals surface area contributed by atoms with Crippen LogP contribution < -0.4 is 0 Å². The molecule has 0 aromatic rings. The van der Waals surface area contributed by atoms with Crippen LogP contribution in [-0.2, 0) is 0 Å². The Morgan fingerprint density at radius 2 is 1.23 bits per heavy atom. The van der Waals surface area contributed by atoms with E-state index >= 15 is 0 Å². The molecule has 0 nitrogen and oxygen atoms in total. The lowest BCUT2D eigenvalue weighted by Crippen LogP contribution is -2.26. The minimum absolute atomic E-state index is 0.291. The molecule has 0 aliphatic heterocycles. The molecule has 216 valence electrons. The molecular weight excluding hydrogens is 480 g/mol. The van der Waals surface area contributed by atoms with Crippen molar-refractivity contribution >= 4 is 0 Å². The number of rotatable bonds is 10. The Bertz CT molecular complexity index is 1200. The van der Waals surface area contributed by atoms with Gasteiger partial charge >= 0.3 is 0 Å². The van der Waals surface area contributed by atoms with Crippen LogP contribution in [0.4, 0.5) is 0 Å². The molecule has 0 heteroatoms. The normalized spacial score (nSPS) is 23.6. The van der Waals surface area contributed by atoms with Crippen LogP contribution in [0.3, 0.4) is 0 Å². The van der Waals surface area contributed by atoms with E-state index < -0.39 is 0 Å². The van der Waals surface area contributed by atoms with E-state index in [-0.39, 0.29) is 0 Å². The molecule has 0 N–H and O–H groups in total. The third kappa shape index (κ3) is 11.3. The summed E-state index contributed by atoms with van der Waals surface area (Å²) >= 11 is 0. The molecule has 0 spiro atoms. The SMILES string of the molecule is CC1=CCCC(C)(C)[C@H]1/C=C/C(C)=C/C=C/C(C)=C/C=C/C=C(C)/C=C\C=C(C)/C=C/C1=C(C)CCCC1(C)C. The van der Waals surface area contributed by atoms with E-state index in [0.29, 0.717) is 16.7 Å². The van der Waals surface area contributed by atoms with Gasteiger partial charge in [0.25, 0.3) is 0 Å². The van der Waals surface area contributed by atoms with Crippen molar-refractivity contribution < 1.29 is 0 Å². The zero-order chi connectivity index (χ0) is 29.8. The molecule has 0 unspecified atom stereocenters. The van der Waals surface area contributed by atoms with Crippen molar-refractivity contribution in [3.63, 3.8) is 0 Å². The summed E-state index contributed by atoms with van der Waals surface area (Å²) in [5.74, 6) is 0.532. The molecule has 2 aliphatic rings. The minimum atomic E-state index is 0.291. The molecule has 0 aromatic carbocycles. The summed E-state index contributed by atoms with van der Waals surface area (Å²) in [5, 5.41) is 0. The lowest BCUT2D eigenvalue weighted by molar-refractivity contribution is 0.255. The highest BCUT2D eigenvalue weighted by molar-refractivity contribution is 5.37. The molecule has 0 fully saturated rings. The van der Waals surface area contributed by atoms with Gasteiger partial charge in [-0.15, -0.1) is 0 Å². The van der Waals surface area contributed by atoms with Gasteiger partial charge in [0.1, 0.15) is 0 Å². The van der Waals surface area contributed by atoms with Gasteiger partial charge in [0, 0.05) is 5.92 Å². The van der Waals surface area contributed by atoms with Gasteiger partial charge in [0.15, 0.2) is 0 Å². The summed E-state index contributed by atoms with van der Waals surface area (Å²) in [6.07, 6.45) is 39.5. The summed E-state index contributed by atoms with van der Waals surface area (Å²) in [7, 11) is 0. The Kier molecular flexibility index (Phi) is 13.2. The quantitative estimate of drug-likeness (QED) is 0.192. The van der Waals surface area contributed by atoms with Crippen LogP contribution in [0.5, 0.6) is 0 Å². The van der Waals surface area contributed by atoms with E-state index in [0.717, 1.165) is 0 Å². The Balaban J connectivity index is 1.88. The van der Waals surface area contributed by atoms with Crippen molar-refractivity contribution in [1.29, 1.82) is 0 Å². The largest absolute Gasteiger partial charge is 0.0850 e. The van der Waals surface area contributed by atoms with Crippen molar-refractivity contribution in [3.8, 4) is 0 Å². The summed E-state index contributed by atoms with van der Waals surface area (Å²) in [4.78, 5) is 0. The summed E-state index contributed by atoms with van der Waals surface area (Å²) in [6.45, 7) is 22.7. The summed E-state index contributed by atoms with van der Waals surface area (Å²) in [5.41, 5.74) is 10.2. The Labute approximate surface area is 247 Å². The molecule has 0 heterocycles. The first-order chi connectivity index (χ1) is 18.8. The lowest BCUT2D eigenvalue weighted by Gasteiger charge is -2.36. The second kappa shape index (κ2) is 15.8. The Hall–Kier alpha value is -2.86. The van der Waals surface area contributed by atoms with Crippen LogP contribution in [0.25, 0.3) is 0 Å². The van der Waals surface area contributed by atoms with E-state index in [9.17, 15) is 0 Å². The van der Waals surface area contributed by atoms with E-state index in [1.54, 1.807) is 5.57 Å². The number of hydrogen-bond donors (Lipinski definition) is 0. The van der Waals surface area contributed by atoms with Crippen molar-refractivity contribution in [1.82, 2.24) is 0 Å². The zero-order valence-corrected chi connectivity index (χ0v) is 27.3. The third-order valence-corrected chi connectivity index (χ3v) is 8.46. The van der Waals surface area contributed by atoms with Crippen molar-refractivity contribution in [3.05, 3.63) is 130 Å². The molecule has 0 radical (unpaired) electrons. The van der Waals surface area contributed by atoms with Crippen LogP contribution >= 0.6 is 0 Å². The zero-order valence-electron chi connectivity index (χ0n) is 27.3. The topological polar surface area (TPSA) is 0 Å². The highest BCUT2D eigenvalue weighted by Gasteiger charge is 2.30. The van der Waals surface area contributed by atoms with E-state index in [1.165, 1.54) is 65.5 Å². The first-order valence-corrected chi connectivity index (χ1v) is 15.3. The molecule has 40 heavy (non-hydrogen) atoms. The smallest absolute Gasteiger partial charge is 0.00285 e. The summed E-state index contributed by atoms with van der Waals surface area (Å²) in [6, 6.07) is 0. The van der Waals surface area contributed by atoms with E-state index in [4.69, 9.17) is 0 Å². The molecule has 2 rings (SSSR count). The van der Waals surface area contributed by atoms with Crippen LogP contribution in [0, 0.1) is 16.7 Å². The van der Waals surface area contributed by atoms with Crippen LogP contribution in [-0.4, -0.2) is 0 Å². The monoisotopic (exact) mass is 536 g/mol. The average molecular weight is 537 g/mol. The highest BCUT2D eigenvalue weighted by Crippen LogP contribution is 2.42. The molecule has 1 atom stereocenters. The van der Waals surface area contributed by atoms with Crippen LogP contribution in [0.15, 0.2) is 130 Å². The van der Waals surface area contributed by atoms with Crippen molar-refractivity contribution in [2.45, 2.75) is 101 Å². The van der Waals surface area contributed by atoms with Gasteiger partial charge in [-0.3, -0.25) is 0 Å². The van der Waals surface area contributed by atoms with E-state index in [1.807, 2.05) is 0 Å². The van der Waals surface area contributed by atoms with Gasteiger partial charge in [-0.1, -0.05) is 152 Å². The molecular formula is C40H56. The minimum Gasteiger partial charge on any atom is -0.0850 e. The van der Waals surface area contributed by atoms with Crippen LogP contribution in [0.2, 0.25) is 0 Å². The van der Waals surface area contributed by atoms with Gasteiger partial charge < -0.3 is 0 Å². The fourth-order valence-electron chi connectivity index (χ4n) is 5.80. The van der Waals surface area contributed by atoms with Crippen molar-refractivity contribution in [2.75, 3.05) is 0 Å². The standard InChI is InChI=1S/C40H56/c1-31(19-13-21-33(3)25-27-37-35(5)23-15-29-39(37,7)8)17-11-12-18-32(2)20-14-22-34(4)26-28-38-36(6)24-16-30-40(38,9)10/h11-14,17-23,25-28,37H,15-16,24,29-30H2,1-10H3/b12-11+,19-13+,20-14-,27-25+,28-26+,31-17+,32-18+,33-21+,34-22-/t37-/m0/s1.